The van der Waals surface area contributed by atoms with E-state index in [9.17, 15) is 9.59 Å². The Labute approximate surface area is 175 Å². The van der Waals surface area contributed by atoms with Gasteiger partial charge < -0.3 is 15.5 Å². The lowest BCUT2D eigenvalue weighted by Crippen LogP contribution is -2.34. The molecule has 2 aromatic rings. The van der Waals surface area contributed by atoms with Crippen molar-refractivity contribution in [3.05, 3.63) is 46.4 Å². The summed E-state index contributed by atoms with van der Waals surface area (Å²) in [5, 5.41) is 11.2. The Morgan fingerprint density at radius 1 is 1.17 bits per heavy atom. The van der Waals surface area contributed by atoms with Crippen molar-refractivity contribution in [1.82, 2.24) is 10.3 Å². The highest BCUT2D eigenvalue weighted by atomic mass is 32.1. The van der Waals surface area contributed by atoms with Gasteiger partial charge in [0.25, 0.3) is 5.91 Å². The number of aromatic nitrogens is 1. The number of oxime groups is 1. The number of hydrogen-bond acceptors (Lipinski definition) is 6. The second-order valence-corrected chi connectivity index (χ2v) is 8.17. The fourth-order valence-electron chi connectivity index (χ4n) is 2.53. The van der Waals surface area contributed by atoms with Crippen LogP contribution in [0.25, 0.3) is 0 Å². The number of hydrogen-bond donors (Lipinski definition) is 2. The molecule has 7 nitrogen and oxygen atoms in total. The van der Waals surface area contributed by atoms with Gasteiger partial charge in [-0.2, -0.15) is 0 Å². The van der Waals surface area contributed by atoms with Crippen molar-refractivity contribution in [2.24, 2.45) is 10.6 Å². The highest BCUT2D eigenvalue weighted by Gasteiger charge is 2.32. The molecular weight excluding hydrogens is 388 g/mol. The molecule has 1 atom stereocenters. The number of carbonyl (C=O) groups is 2. The summed E-state index contributed by atoms with van der Waals surface area (Å²) in [4.78, 5) is 33.6. The summed E-state index contributed by atoms with van der Waals surface area (Å²) in [6.45, 7) is 10.2. The summed E-state index contributed by atoms with van der Waals surface area (Å²) >= 11 is 1.37. The molecule has 2 amide bonds. The lowest BCUT2D eigenvalue weighted by Gasteiger charge is -2.23. The molecule has 3 rings (SSSR count). The fourth-order valence-corrected chi connectivity index (χ4v) is 3.06. The molecule has 0 saturated heterocycles. The monoisotopic (exact) mass is 416 g/mol. The highest BCUT2D eigenvalue weighted by molar-refractivity contribution is 7.07. The van der Waals surface area contributed by atoms with Crippen LogP contribution in [0.15, 0.2) is 40.3 Å². The van der Waals surface area contributed by atoms with Crippen molar-refractivity contribution >= 4 is 34.7 Å². The lowest BCUT2D eigenvalue weighted by atomic mass is 9.87. The van der Waals surface area contributed by atoms with Gasteiger partial charge >= 0.3 is 0 Å². The highest BCUT2D eigenvalue weighted by Crippen LogP contribution is 2.28. The van der Waals surface area contributed by atoms with Gasteiger partial charge in [-0.05, 0) is 17.7 Å². The van der Waals surface area contributed by atoms with Gasteiger partial charge in [-0.25, -0.2) is 4.98 Å². The zero-order chi connectivity index (χ0) is 21.4. The van der Waals surface area contributed by atoms with Gasteiger partial charge in [0, 0.05) is 22.9 Å². The molecule has 2 N–H and O–H groups in total. The Bertz CT molecular complexity index is 840. The third-order valence-electron chi connectivity index (χ3n) is 4.16. The standard InChI is InChI=1S/C19H22N4O3S.C2H6/c1-19(2,3)15-9-16(23-26-15)22-17(24)8-12-4-6-13(7-5-12)21-18(25)14-10-27-11-20-14;1-2/h4-7,10-11,15H,8-9H2,1-3H3,(H,21,25)(H,22,23,24);1-2H3. The number of nitrogens with one attached hydrogen (secondary N) is 2. The largest absolute Gasteiger partial charge is 0.390 e. The van der Waals surface area contributed by atoms with E-state index in [1.165, 1.54) is 11.3 Å². The first-order valence-electron chi connectivity index (χ1n) is 9.62. The van der Waals surface area contributed by atoms with Crippen molar-refractivity contribution in [1.29, 1.82) is 0 Å². The molecule has 0 radical (unpaired) electrons. The van der Waals surface area contributed by atoms with Crippen LogP contribution in [0, 0.1) is 5.41 Å². The van der Waals surface area contributed by atoms with Gasteiger partial charge in [-0.3, -0.25) is 9.59 Å². The molecule has 0 fully saturated rings. The van der Waals surface area contributed by atoms with E-state index in [4.69, 9.17) is 4.84 Å². The van der Waals surface area contributed by atoms with Crippen LogP contribution in [0.2, 0.25) is 0 Å². The Kier molecular flexibility index (Phi) is 7.90. The topological polar surface area (TPSA) is 92.7 Å². The van der Waals surface area contributed by atoms with E-state index in [-0.39, 0.29) is 29.8 Å². The number of nitrogens with zero attached hydrogens (tertiary/aromatic N) is 2. The molecule has 156 valence electrons. The smallest absolute Gasteiger partial charge is 0.275 e. The maximum Gasteiger partial charge on any atom is 0.275 e. The van der Waals surface area contributed by atoms with Crippen LogP contribution >= 0.6 is 11.3 Å². The zero-order valence-corrected chi connectivity index (χ0v) is 18.3. The van der Waals surface area contributed by atoms with Crippen molar-refractivity contribution < 1.29 is 14.4 Å². The van der Waals surface area contributed by atoms with E-state index in [0.29, 0.717) is 23.6 Å². The maximum atomic E-state index is 12.2. The normalized spacial score (nSPS) is 15.5. The number of anilines is 1. The van der Waals surface area contributed by atoms with Crippen LogP contribution in [0.3, 0.4) is 0 Å². The quantitative estimate of drug-likeness (QED) is 0.780. The first-order chi connectivity index (χ1) is 13.8. The van der Waals surface area contributed by atoms with Crippen molar-refractivity contribution in [3.8, 4) is 0 Å². The van der Waals surface area contributed by atoms with Gasteiger partial charge in [0.1, 0.15) is 11.8 Å². The summed E-state index contributed by atoms with van der Waals surface area (Å²) < 4.78 is 0. The third kappa shape index (κ3) is 6.67. The van der Waals surface area contributed by atoms with E-state index in [2.05, 4.69) is 41.5 Å². The van der Waals surface area contributed by atoms with Gasteiger partial charge in [0.2, 0.25) is 5.91 Å². The molecule has 2 heterocycles. The molecule has 0 aliphatic carbocycles. The minimum absolute atomic E-state index is 0.0330. The number of carbonyl (C=O) groups excluding carboxylic acids is 2. The number of benzene rings is 1. The summed E-state index contributed by atoms with van der Waals surface area (Å²) in [5.74, 6) is 0.160. The van der Waals surface area contributed by atoms with Gasteiger partial charge in [0.15, 0.2) is 5.84 Å². The molecular formula is C21H28N4O3S. The van der Waals surface area contributed by atoms with E-state index in [1.807, 2.05) is 13.8 Å². The summed E-state index contributed by atoms with van der Waals surface area (Å²) in [6, 6.07) is 7.14. The van der Waals surface area contributed by atoms with Crippen LogP contribution in [0.1, 0.15) is 57.1 Å². The fraction of sp³-hybridized carbons (Fsp3) is 0.429. The van der Waals surface area contributed by atoms with Crippen molar-refractivity contribution in [2.45, 2.75) is 53.6 Å². The number of amides is 2. The van der Waals surface area contributed by atoms with Crippen LogP contribution in [-0.2, 0) is 16.1 Å². The second-order valence-electron chi connectivity index (χ2n) is 7.45. The molecule has 1 unspecified atom stereocenters. The van der Waals surface area contributed by atoms with Crippen LogP contribution in [-0.4, -0.2) is 28.7 Å². The van der Waals surface area contributed by atoms with Crippen LogP contribution in [0.4, 0.5) is 5.69 Å². The molecule has 1 aromatic heterocycles. The predicted octanol–water partition coefficient (Wildman–Crippen LogP) is 4.23. The Morgan fingerprint density at radius 2 is 1.86 bits per heavy atom. The second kappa shape index (κ2) is 10.2. The summed E-state index contributed by atoms with van der Waals surface area (Å²) in [5.41, 5.74) is 3.45. The summed E-state index contributed by atoms with van der Waals surface area (Å²) in [6.07, 6.45) is 0.782. The van der Waals surface area contributed by atoms with Gasteiger partial charge in [-0.15, -0.1) is 11.3 Å². The number of amidine groups is 1. The zero-order valence-electron chi connectivity index (χ0n) is 17.5. The van der Waals surface area contributed by atoms with E-state index in [1.54, 1.807) is 35.2 Å². The van der Waals surface area contributed by atoms with Gasteiger partial charge in [-0.1, -0.05) is 51.9 Å². The van der Waals surface area contributed by atoms with E-state index < -0.39 is 0 Å². The van der Waals surface area contributed by atoms with Crippen LogP contribution in [0.5, 0.6) is 0 Å². The van der Waals surface area contributed by atoms with E-state index >= 15 is 0 Å². The van der Waals surface area contributed by atoms with Crippen molar-refractivity contribution in [3.63, 3.8) is 0 Å². The molecule has 1 aromatic carbocycles. The predicted molar refractivity (Wildman–Crippen MR) is 116 cm³/mol. The first-order valence-corrected chi connectivity index (χ1v) is 10.6. The van der Waals surface area contributed by atoms with Gasteiger partial charge in [0.05, 0.1) is 11.9 Å². The maximum absolute atomic E-state index is 12.2. The summed E-state index contributed by atoms with van der Waals surface area (Å²) in [7, 11) is 0. The van der Waals surface area contributed by atoms with E-state index in [0.717, 1.165) is 5.56 Å². The average Bonchev–Trinajstić information content (AvgIpc) is 3.36. The Morgan fingerprint density at radius 3 is 2.41 bits per heavy atom. The number of thiazole rings is 1. The Balaban J connectivity index is 0.00000145. The molecule has 0 bridgehead atoms. The minimum atomic E-state index is -0.255. The molecule has 0 saturated carbocycles. The molecule has 0 spiro atoms. The minimum Gasteiger partial charge on any atom is -0.390 e. The number of rotatable bonds is 4. The molecule has 29 heavy (non-hydrogen) atoms. The SMILES string of the molecule is CC.CC(C)(C)C1CC(NC(=O)Cc2ccc(NC(=O)c3cscn3)cc2)=NO1. The molecule has 1 aliphatic rings. The van der Waals surface area contributed by atoms with Crippen LogP contribution < -0.4 is 10.6 Å². The molecule has 8 heteroatoms. The van der Waals surface area contributed by atoms with Crippen molar-refractivity contribution in [2.75, 3.05) is 5.32 Å². The first kappa shape index (κ1) is 22.5. The molecule has 1 aliphatic heterocycles. The third-order valence-corrected chi connectivity index (χ3v) is 4.75. The lowest BCUT2D eigenvalue weighted by molar-refractivity contribution is -0.119. The Hall–Kier alpha value is -2.74. The average molecular weight is 417 g/mol.